The molecule has 1 aliphatic heterocycles. The minimum Gasteiger partial charge on any atom is -0.378 e. The second kappa shape index (κ2) is 4.09. The maximum atomic E-state index is 9.13. The molecule has 1 aliphatic rings. The van der Waals surface area contributed by atoms with Gasteiger partial charge in [0, 0.05) is 6.42 Å². The first kappa shape index (κ1) is 10.3. The Morgan fingerprint density at radius 1 is 1.47 bits per heavy atom. The Morgan fingerprint density at radius 2 is 2.27 bits per heavy atom. The Morgan fingerprint density at radius 3 is 2.87 bits per heavy atom. The molecule has 78 valence electrons. The topological polar surface area (TPSA) is 45.0 Å². The highest BCUT2D eigenvalue weighted by atomic mass is 35.5. The van der Waals surface area contributed by atoms with Crippen LogP contribution in [0.3, 0.4) is 0 Å². The van der Waals surface area contributed by atoms with Crippen LogP contribution in [0.15, 0.2) is 24.3 Å². The highest BCUT2D eigenvalue weighted by Gasteiger charge is 2.35. The molecule has 0 spiro atoms. The highest BCUT2D eigenvalue weighted by Crippen LogP contribution is 2.28. The molecule has 1 atom stereocenters. The van der Waals surface area contributed by atoms with Crippen molar-refractivity contribution >= 4 is 17.3 Å². The van der Waals surface area contributed by atoms with Gasteiger partial charge in [-0.3, -0.25) is 0 Å². The van der Waals surface area contributed by atoms with Crippen LogP contribution in [-0.4, -0.2) is 18.8 Å². The summed E-state index contributed by atoms with van der Waals surface area (Å²) in [5, 5.41) is 12.9. The van der Waals surface area contributed by atoms with Crippen LogP contribution < -0.4 is 5.32 Å². The smallest absolute Gasteiger partial charge is 0.151 e. The number of nitrogens with zero attached hydrogens (tertiary/aromatic N) is 1. The molecular formula is C11H11ClN2O. The number of hydrogen-bond donors (Lipinski definition) is 1. The monoisotopic (exact) mass is 222 g/mol. The van der Waals surface area contributed by atoms with Crippen molar-refractivity contribution in [3.8, 4) is 6.07 Å². The Kier molecular flexibility index (Phi) is 2.81. The average molecular weight is 223 g/mol. The summed E-state index contributed by atoms with van der Waals surface area (Å²) < 4.78 is 5.24. The van der Waals surface area contributed by atoms with Gasteiger partial charge in [0.05, 0.1) is 30.0 Å². The summed E-state index contributed by atoms with van der Waals surface area (Å²) in [6, 6.07) is 9.66. The molecule has 2 rings (SSSR count). The highest BCUT2D eigenvalue weighted by molar-refractivity contribution is 6.33. The standard InChI is InChI=1S/C11H11ClN2O/c12-9-3-1-2-4-10(9)14-11(7-13)5-6-15-8-11/h1-4,14H,5-6,8H2. The van der Waals surface area contributed by atoms with E-state index in [1.165, 1.54) is 0 Å². The van der Waals surface area contributed by atoms with Crippen LogP contribution in [-0.2, 0) is 4.74 Å². The summed E-state index contributed by atoms with van der Waals surface area (Å²) in [7, 11) is 0. The third kappa shape index (κ3) is 2.06. The molecule has 3 nitrogen and oxygen atoms in total. The van der Waals surface area contributed by atoms with Gasteiger partial charge in [-0.05, 0) is 12.1 Å². The van der Waals surface area contributed by atoms with Crippen molar-refractivity contribution in [2.24, 2.45) is 0 Å². The van der Waals surface area contributed by atoms with Crippen molar-refractivity contribution in [2.45, 2.75) is 12.0 Å². The molecule has 0 radical (unpaired) electrons. The Labute approximate surface area is 93.6 Å². The predicted molar refractivity (Wildman–Crippen MR) is 58.9 cm³/mol. The summed E-state index contributed by atoms with van der Waals surface area (Å²) in [4.78, 5) is 0. The number of nitriles is 1. The van der Waals surface area contributed by atoms with E-state index in [1.807, 2.05) is 18.2 Å². The number of hydrogen-bond acceptors (Lipinski definition) is 3. The van der Waals surface area contributed by atoms with E-state index < -0.39 is 5.54 Å². The van der Waals surface area contributed by atoms with Gasteiger partial charge in [0.25, 0.3) is 0 Å². The molecule has 15 heavy (non-hydrogen) atoms. The van der Waals surface area contributed by atoms with E-state index in [0.29, 0.717) is 24.7 Å². The zero-order chi connectivity index (χ0) is 10.7. The van der Waals surface area contributed by atoms with Crippen molar-refractivity contribution in [1.82, 2.24) is 0 Å². The molecule has 1 saturated heterocycles. The number of ether oxygens (including phenoxy) is 1. The molecule has 1 heterocycles. The van der Waals surface area contributed by atoms with Gasteiger partial charge in [-0.25, -0.2) is 0 Å². The quantitative estimate of drug-likeness (QED) is 0.836. The van der Waals surface area contributed by atoms with E-state index in [0.717, 1.165) is 5.69 Å². The fourth-order valence-electron chi connectivity index (χ4n) is 1.60. The van der Waals surface area contributed by atoms with Crippen LogP contribution in [0.2, 0.25) is 5.02 Å². The van der Waals surface area contributed by atoms with Crippen LogP contribution in [0.5, 0.6) is 0 Å². The number of anilines is 1. The van der Waals surface area contributed by atoms with Crippen molar-refractivity contribution in [3.63, 3.8) is 0 Å². The van der Waals surface area contributed by atoms with Gasteiger partial charge in [-0.1, -0.05) is 23.7 Å². The van der Waals surface area contributed by atoms with E-state index >= 15 is 0 Å². The van der Waals surface area contributed by atoms with E-state index in [1.54, 1.807) is 6.07 Å². The van der Waals surface area contributed by atoms with Crippen LogP contribution >= 0.6 is 11.6 Å². The molecule has 0 amide bonds. The van der Waals surface area contributed by atoms with Crippen LogP contribution in [0.25, 0.3) is 0 Å². The summed E-state index contributed by atoms with van der Waals surface area (Å²) in [6.45, 7) is 1.03. The molecule has 0 aromatic heterocycles. The van der Waals surface area contributed by atoms with Crippen molar-refractivity contribution < 1.29 is 4.74 Å². The third-order valence-corrected chi connectivity index (χ3v) is 2.81. The minimum atomic E-state index is -0.620. The molecule has 1 aromatic rings. The lowest BCUT2D eigenvalue weighted by Gasteiger charge is -2.22. The second-order valence-electron chi connectivity index (χ2n) is 3.60. The maximum Gasteiger partial charge on any atom is 0.151 e. The number of rotatable bonds is 2. The molecule has 1 fully saturated rings. The molecule has 1 aromatic carbocycles. The van der Waals surface area contributed by atoms with Gasteiger partial charge in [-0.15, -0.1) is 0 Å². The second-order valence-corrected chi connectivity index (χ2v) is 4.01. The largest absolute Gasteiger partial charge is 0.378 e. The average Bonchev–Trinajstić information content (AvgIpc) is 2.71. The van der Waals surface area contributed by atoms with Gasteiger partial charge in [0.2, 0.25) is 0 Å². The molecule has 0 aliphatic carbocycles. The molecule has 4 heteroatoms. The normalized spacial score (nSPS) is 24.8. The third-order valence-electron chi connectivity index (χ3n) is 2.48. The fourth-order valence-corrected chi connectivity index (χ4v) is 1.78. The van der Waals surface area contributed by atoms with Crippen LogP contribution in [0.4, 0.5) is 5.69 Å². The lowest BCUT2D eigenvalue weighted by Crippen LogP contribution is -2.37. The number of halogens is 1. The van der Waals surface area contributed by atoms with Gasteiger partial charge >= 0.3 is 0 Å². The predicted octanol–water partition coefficient (Wildman–Crippen LogP) is 2.43. The molecule has 0 bridgehead atoms. The Bertz CT molecular complexity index is 394. The van der Waals surface area contributed by atoms with Gasteiger partial charge < -0.3 is 10.1 Å². The van der Waals surface area contributed by atoms with Crippen molar-refractivity contribution in [3.05, 3.63) is 29.3 Å². The van der Waals surface area contributed by atoms with E-state index in [-0.39, 0.29) is 0 Å². The summed E-state index contributed by atoms with van der Waals surface area (Å²) in [5.41, 5.74) is 0.163. The lowest BCUT2D eigenvalue weighted by atomic mass is 10.0. The van der Waals surface area contributed by atoms with Crippen molar-refractivity contribution in [2.75, 3.05) is 18.5 Å². The zero-order valence-corrected chi connectivity index (χ0v) is 8.92. The van der Waals surface area contributed by atoms with E-state index in [2.05, 4.69) is 11.4 Å². The number of para-hydroxylation sites is 1. The molecule has 0 saturated carbocycles. The van der Waals surface area contributed by atoms with Gasteiger partial charge in [0.1, 0.15) is 0 Å². The van der Waals surface area contributed by atoms with Crippen molar-refractivity contribution in [1.29, 1.82) is 5.26 Å². The zero-order valence-electron chi connectivity index (χ0n) is 8.16. The van der Waals surface area contributed by atoms with Gasteiger partial charge in [-0.2, -0.15) is 5.26 Å². The first-order valence-corrected chi connectivity index (χ1v) is 5.15. The summed E-state index contributed by atoms with van der Waals surface area (Å²) >= 11 is 6.01. The van der Waals surface area contributed by atoms with E-state index in [4.69, 9.17) is 21.6 Å². The summed E-state index contributed by atoms with van der Waals surface area (Å²) in [5.74, 6) is 0. The molecular weight excluding hydrogens is 212 g/mol. The first-order chi connectivity index (χ1) is 7.26. The molecule has 1 N–H and O–H groups in total. The maximum absolute atomic E-state index is 9.13. The minimum absolute atomic E-state index is 0.411. The first-order valence-electron chi connectivity index (χ1n) is 4.77. The Hall–Kier alpha value is -1.24. The Balaban J connectivity index is 2.21. The van der Waals surface area contributed by atoms with Crippen LogP contribution in [0, 0.1) is 11.3 Å². The molecule has 1 unspecified atom stereocenters. The number of nitrogens with one attached hydrogen (secondary N) is 1. The summed E-state index contributed by atoms with van der Waals surface area (Å²) in [6.07, 6.45) is 0.689. The fraction of sp³-hybridized carbons (Fsp3) is 0.364. The number of benzene rings is 1. The SMILES string of the molecule is N#CC1(Nc2ccccc2Cl)CCOC1. The van der Waals surface area contributed by atoms with E-state index in [9.17, 15) is 0 Å². The van der Waals surface area contributed by atoms with Gasteiger partial charge in [0.15, 0.2) is 5.54 Å². The lowest BCUT2D eigenvalue weighted by molar-refractivity contribution is 0.189. The van der Waals surface area contributed by atoms with Crippen LogP contribution in [0.1, 0.15) is 6.42 Å².